The molecule has 0 radical (unpaired) electrons. The first kappa shape index (κ1) is 15.4. The van der Waals surface area contributed by atoms with Gasteiger partial charge in [-0.1, -0.05) is 29.3 Å². The van der Waals surface area contributed by atoms with Gasteiger partial charge in [0.25, 0.3) is 0 Å². The molecule has 0 heterocycles. The average molecular weight is 334 g/mol. The number of ether oxygens (including phenoxy) is 1. The fourth-order valence-electron chi connectivity index (χ4n) is 1.99. The fraction of sp³-hybridized carbons (Fsp3) is 0.200. The van der Waals surface area contributed by atoms with Gasteiger partial charge >= 0.3 is 0 Å². The Morgan fingerprint density at radius 2 is 1.75 bits per heavy atom. The maximum atomic E-state index is 13.5. The molecule has 0 aliphatic heterocycles. The van der Waals surface area contributed by atoms with Crippen molar-refractivity contribution in [2.45, 2.75) is 12.3 Å². The maximum absolute atomic E-state index is 13.5. The van der Waals surface area contributed by atoms with E-state index in [1.54, 1.807) is 19.1 Å². The molecule has 0 amide bonds. The molecule has 0 spiro atoms. The van der Waals surface area contributed by atoms with Crippen molar-refractivity contribution in [2.24, 2.45) is 0 Å². The Bertz CT molecular complexity index is 623. The van der Waals surface area contributed by atoms with Crippen LogP contribution in [0.3, 0.4) is 0 Å². The van der Waals surface area contributed by atoms with Crippen molar-refractivity contribution in [3.05, 3.63) is 62.9 Å². The van der Waals surface area contributed by atoms with Crippen LogP contribution in [0.1, 0.15) is 22.1 Å². The van der Waals surface area contributed by atoms with E-state index in [0.29, 0.717) is 26.9 Å². The zero-order chi connectivity index (χ0) is 14.9. The summed E-state index contributed by atoms with van der Waals surface area (Å²) in [5.74, 6) is 0.140. The van der Waals surface area contributed by atoms with Crippen molar-refractivity contribution in [2.75, 3.05) is 7.11 Å². The van der Waals surface area contributed by atoms with Crippen molar-refractivity contribution in [3.63, 3.8) is 0 Å². The molecule has 2 aromatic rings. The first-order valence-corrected chi connectivity index (χ1v) is 7.05. The number of alkyl halides is 1. The molecule has 2 rings (SSSR count). The van der Waals surface area contributed by atoms with E-state index in [-0.39, 0.29) is 5.82 Å². The van der Waals surface area contributed by atoms with E-state index in [9.17, 15) is 4.39 Å². The number of hydrogen-bond acceptors (Lipinski definition) is 1. The number of methoxy groups -OCH3 is 1. The lowest BCUT2D eigenvalue weighted by Crippen LogP contribution is -1.97. The van der Waals surface area contributed by atoms with Crippen molar-refractivity contribution in [3.8, 4) is 5.75 Å². The van der Waals surface area contributed by atoms with Crippen molar-refractivity contribution >= 4 is 34.8 Å². The number of hydrogen-bond donors (Lipinski definition) is 0. The predicted octanol–water partition coefficient (Wildman–Crippen LogP) is 5.78. The molecule has 20 heavy (non-hydrogen) atoms. The molecule has 0 N–H and O–H groups in total. The summed E-state index contributed by atoms with van der Waals surface area (Å²) in [4.78, 5) is 0. The highest BCUT2D eigenvalue weighted by Crippen LogP contribution is 2.39. The molecule has 0 aliphatic carbocycles. The zero-order valence-corrected chi connectivity index (χ0v) is 13.2. The van der Waals surface area contributed by atoms with Gasteiger partial charge in [-0.15, -0.1) is 11.6 Å². The van der Waals surface area contributed by atoms with Gasteiger partial charge in [-0.05, 0) is 41.8 Å². The van der Waals surface area contributed by atoms with Crippen LogP contribution in [-0.4, -0.2) is 7.11 Å². The third-order valence-corrected chi connectivity index (χ3v) is 4.01. The van der Waals surface area contributed by atoms with Gasteiger partial charge in [0.1, 0.15) is 11.6 Å². The highest BCUT2D eigenvalue weighted by Gasteiger charge is 2.18. The summed E-state index contributed by atoms with van der Waals surface area (Å²) in [5.41, 5.74) is 2.04. The van der Waals surface area contributed by atoms with E-state index in [0.717, 1.165) is 5.56 Å². The van der Waals surface area contributed by atoms with Gasteiger partial charge < -0.3 is 4.74 Å². The summed E-state index contributed by atoms with van der Waals surface area (Å²) in [7, 11) is 1.51. The van der Waals surface area contributed by atoms with Gasteiger partial charge in [-0.2, -0.15) is 0 Å². The van der Waals surface area contributed by atoms with Gasteiger partial charge in [0.2, 0.25) is 0 Å². The highest BCUT2D eigenvalue weighted by molar-refractivity contribution is 6.36. The summed E-state index contributed by atoms with van der Waals surface area (Å²) < 4.78 is 18.5. The molecule has 1 unspecified atom stereocenters. The van der Waals surface area contributed by atoms with Crippen molar-refractivity contribution in [1.82, 2.24) is 0 Å². The van der Waals surface area contributed by atoms with E-state index in [1.165, 1.54) is 19.2 Å². The van der Waals surface area contributed by atoms with Crippen LogP contribution < -0.4 is 4.74 Å². The van der Waals surface area contributed by atoms with Crippen LogP contribution in [0.2, 0.25) is 10.0 Å². The lowest BCUT2D eigenvalue weighted by molar-refractivity contribution is 0.415. The van der Waals surface area contributed by atoms with Crippen LogP contribution in [0.25, 0.3) is 0 Å². The second kappa shape index (κ2) is 6.21. The summed E-state index contributed by atoms with van der Waals surface area (Å²) in [6.45, 7) is 1.80. The van der Waals surface area contributed by atoms with Crippen molar-refractivity contribution < 1.29 is 9.13 Å². The highest BCUT2D eigenvalue weighted by atomic mass is 35.5. The molecule has 1 nitrogen and oxygen atoms in total. The first-order valence-electron chi connectivity index (χ1n) is 5.86. The molecule has 5 heteroatoms. The van der Waals surface area contributed by atoms with Gasteiger partial charge in [0, 0.05) is 11.1 Å². The van der Waals surface area contributed by atoms with Crippen LogP contribution in [0.5, 0.6) is 5.75 Å². The third kappa shape index (κ3) is 3.20. The third-order valence-electron chi connectivity index (χ3n) is 2.90. The molecule has 2 aromatic carbocycles. The Morgan fingerprint density at radius 1 is 1.05 bits per heavy atom. The second-order valence-electron chi connectivity index (χ2n) is 4.43. The molecular formula is C15H12Cl3FO. The average Bonchev–Trinajstić information content (AvgIpc) is 2.39. The summed E-state index contributed by atoms with van der Waals surface area (Å²) in [6, 6.07) is 7.88. The Morgan fingerprint density at radius 3 is 2.35 bits per heavy atom. The fourth-order valence-corrected chi connectivity index (χ4v) is 2.86. The normalized spacial score (nSPS) is 12.3. The Labute approximate surface area is 132 Å². The van der Waals surface area contributed by atoms with Crippen LogP contribution in [-0.2, 0) is 0 Å². The molecular weight excluding hydrogens is 322 g/mol. The minimum absolute atomic E-state index is 0.332. The number of rotatable bonds is 3. The number of aryl methyl sites for hydroxylation is 1. The SMILES string of the molecule is COc1cc(Cl)c(C(Cl)c2cc(C)cc(F)c2)cc1Cl. The number of halogens is 4. The van der Waals surface area contributed by atoms with E-state index in [4.69, 9.17) is 39.5 Å². The monoisotopic (exact) mass is 332 g/mol. The largest absolute Gasteiger partial charge is 0.495 e. The summed E-state index contributed by atoms with van der Waals surface area (Å²) >= 11 is 18.7. The van der Waals surface area contributed by atoms with Gasteiger partial charge in [-0.25, -0.2) is 4.39 Å². The van der Waals surface area contributed by atoms with Crippen molar-refractivity contribution in [1.29, 1.82) is 0 Å². The molecule has 0 aromatic heterocycles. The van der Waals surface area contributed by atoms with Crippen LogP contribution in [0, 0.1) is 12.7 Å². The van der Waals surface area contributed by atoms with E-state index in [1.807, 2.05) is 6.07 Å². The quantitative estimate of drug-likeness (QED) is 0.647. The predicted molar refractivity (Wildman–Crippen MR) is 81.8 cm³/mol. The van der Waals surface area contributed by atoms with Gasteiger partial charge in [0.05, 0.1) is 17.5 Å². The maximum Gasteiger partial charge on any atom is 0.138 e. The zero-order valence-electron chi connectivity index (χ0n) is 10.9. The Hall–Kier alpha value is -0.960. The summed E-state index contributed by atoms with van der Waals surface area (Å²) in [5, 5.41) is 0.249. The Kier molecular flexibility index (Phi) is 4.79. The van der Waals surface area contributed by atoms with E-state index < -0.39 is 5.38 Å². The lowest BCUT2D eigenvalue weighted by Gasteiger charge is -2.15. The summed E-state index contributed by atoms with van der Waals surface area (Å²) in [6.07, 6.45) is 0. The topological polar surface area (TPSA) is 9.23 Å². The van der Waals surface area contributed by atoms with E-state index in [2.05, 4.69) is 0 Å². The minimum Gasteiger partial charge on any atom is -0.495 e. The van der Waals surface area contributed by atoms with Crippen LogP contribution in [0.4, 0.5) is 4.39 Å². The minimum atomic E-state index is -0.583. The molecule has 106 valence electrons. The smallest absolute Gasteiger partial charge is 0.138 e. The first-order chi connectivity index (χ1) is 9.42. The molecule has 0 saturated carbocycles. The molecule has 1 atom stereocenters. The van der Waals surface area contributed by atoms with Gasteiger partial charge in [-0.3, -0.25) is 0 Å². The molecule has 0 aliphatic rings. The molecule has 0 fully saturated rings. The molecule has 0 saturated heterocycles. The number of benzene rings is 2. The Balaban J connectivity index is 2.47. The lowest BCUT2D eigenvalue weighted by atomic mass is 10.0. The van der Waals surface area contributed by atoms with Gasteiger partial charge in [0.15, 0.2) is 0 Å². The van der Waals surface area contributed by atoms with E-state index >= 15 is 0 Å². The van der Waals surface area contributed by atoms with Crippen LogP contribution >= 0.6 is 34.8 Å². The molecule has 0 bridgehead atoms. The standard InChI is InChI=1S/C15H12Cl3FO/c1-8-3-9(5-10(19)4-8)15(18)11-6-13(17)14(20-2)7-12(11)16/h3-7,15H,1-2H3. The second-order valence-corrected chi connectivity index (χ2v) is 5.68. The van der Waals surface area contributed by atoms with Crippen LogP contribution in [0.15, 0.2) is 30.3 Å².